The second kappa shape index (κ2) is 16.8. The first kappa shape index (κ1) is 36.0. The fourth-order valence-corrected chi connectivity index (χ4v) is 4.53. The number of aromatic nitrogens is 2. The lowest BCUT2D eigenvalue weighted by Crippen LogP contribution is -2.46. The van der Waals surface area contributed by atoms with Crippen molar-refractivity contribution in [2.45, 2.75) is 44.2 Å². The van der Waals surface area contributed by atoms with Gasteiger partial charge < -0.3 is 40.2 Å². The molecule has 4 N–H and O–H groups in total. The van der Waals surface area contributed by atoms with Crippen molar-refractivity contribution in [3.05, 3.63) is 53.3 Å². The van der Waals surface area contributed by atoms with Gasteiger partial charge in [-0.05, 0) is 30.0 Å². The number of ether oxygens (including phenoxy) is 4. The van der Waals surface area contributed by atoms with E-state index < -0.39 is 99.6 Å². The average molecular weight is 685 g/mol. The molecule has 4 rings (SSSR count). The minimum Gasteiger partial charge on any atom is -0.454 e. The van der Waals surface area contributed by atoms with Crippen molar-refractivity contribution in [1.82, 2.24) is 31.0 Å². The molecule has 1 aliphatic heterocycles. The summed E-state index contributed by atoms with van der Waals surface area (Å²) < 4.78 is 21.2. The normalized spacial score (nSPS) is 20.6. The van der Waals surface area contributed by atoms with E-state index in [1.54, 1.807) is 18.3 Å². The Morgan fingerprint density at radius 2 is 1.14 bits per heavy atom. The minimum atomic E-state index is -1.32. The quantitative estimate of drug-likeness (QED) is 0.189. The molecular weight excluding hydrogens is 648 g/mol. The van der Waals surface area contributed by atoms with Crippen molar-refractivity contribution in [2.24, 2.45) is 0 Å². The van der Waals surface area contributed by atoms with Gasteiger partial charge in [-0.3, -0.25) is 38.2 Å². The Balaban J connectivity index is 1.39. The molecule has 18 heteroatoms. The summed E-state index contributed by atoms with van der Waals surface area (Å²) in [5.41, 5.74) is 2.87. The van der Waals surface area contributed by atoms with Gasteiger partial charge in [-0.25, -0.2) is 4.79 Å². The Labute approximate surface area is 279 Å². The number of esters is 4. The maximum absolute atomic E-state index is 13.0. The zero-order chi connectivity index (χ0) is 35.4. The zero-order valence-electron chi connectivity index (χ0n) is 26.6. The summed E-state index contributed by atoms with van der Waals surface area (Å²) in [5.74, 6) is -7.50. The Morgan fingerprint density at radius 3 is 1.65 bits per heavy atom. The average Bonchev–Trinajstić information content (AvgIpc) is 3.65. The number of nitrogens with one attached hydrogen (secondary N) is 4. The van der Waals surface area contributed by atoms with Crippen LogP contribution in [0.5, 0.6) is 0 Å². The first-order valence-corrected chi connectivity index (χ1v) is 15.2. The molecule has 0 bridgehead atoms. The summed E-state index contributed by atoms with van der Waals surface area (Å²) in [7, 11) is 0. The molecule has 0 radical (unpaired) electrons. The van der Waals surface area contributed by atoms with Crippen LogP contribution in [0.4, 0.5) is 0 Å². The van der Waals surface area contributed by atoms with Gasteiger partial charge >= 0.3 is 23.9 Å². The second-order valence-electron chi connectivity index (χ2n) is 11.5. The van der Waals surface area contributed by atoms with Gasteiger partial charge in [0.15, 0.2) is 26.4 Å². The molecule has 1 saturated carbocycles. The van der Waals surface area contributed by atoms with Gasteiger partial charge in [0.05, 0.1) is 6.54 Å². The molecule has 2 heterocycles. The molecule has 4 amide bonds. The fourth-order valence-electron chi connectivity index (χ4n) is 4.53. The van der Waals surface area contributed by atoms with E-state index in [1.165, 1.54) is 0 Å². The summed E-state index contributed by atoms with van der Waals surface area (Å²) in [6, 6.07) is 7.94. The molecule has 1 aromatic heterocycles. The van der Waals surface area contributed by atoms with Crippen molar-refractivity contribution in [1.29, 1.82) is 0 Å². The van der Waals surface area contributed by atoms with E-state index in [-0.39, 0.29) is 11.8 Å². The summed E-state index contributed by atoms with van der Waals surface area (Å²) in [5, 5.41) is 13.3. The number of cyclic esters (lactones) is 4. The highest BCUT2D eigenvalue weighted by Crippen LogP contribution is 2.47. The predicted octanol–water partition coefficient (Wildman–Crippen LogP) is -2.45. The van der Waals surface area contributed by atoms with E-state index in [4.69, 9.17) is 14.2 Å². The molecule has 49 heavy (non-hydrogen) atoms. The SMILES string of the molecule is CC1(c2ccnn2Cc2ccc(CC3NC(=O)COC(=O)CNC(=O)COC(=O)CNC(=O)COC(=O)CNC(=O)COC3=O)cc2)CC1. The van der Waals surface area contributed by atoms with Crippen LogP contribution >= 0.6 is 0 Å². The van der Waals surface area contributed by atoms with Crippen LogP contribution in [0.1, 0.15) is 36.6 Å². The number of carbonyl (C=O) groups is 8. The molecule has 1 aliphatic carbocycles. The van der Waals surface area contributed by atoms with Gasteiger partial charge in [0, 0.05) is 23.7 Å². The van der Waals surface area contributed by atoms with Crippen LogP contribution in [0, 0.1) is 0 Å². The highest BCUT2D eigenvalue weighted by atomic mass is 16.6. The van der Waals surface area contributed by atoms with Crippen LogP contribution in [-0.4, -0.2) is 109 Å². The molecule has 1 saturated heterocycles. The molecule has 2 aliphatic rings. The topological polar surface area (TPSA) is 239 Å². The van der Waals surface area contributed by atoms with E-state index in [1.807, 2.05) is 22.9 Å². The van der Waals surface area contributed by atoms with Gasteiger partial charge in [0.25, 0.3) is 23.6 Å². The van der Waals surface area contributed by atoms with Crippen molar-refractivity contribution in [2.75, 3.05) is 46.1 Å². The van der Waals surface area contributed by atoms with Crippen LogP contribution in [-0.2, 0) is 75.7 Å². The van der Waals surface area contributed by atoms with Crippen LogP contribution in [0.25, 0.3) is 0 Å². The minimum absolute atomic E-state index is 0.0608. The van der Waals surface area contributed by atoms with E-state index in [0.717, 1.165) is 24.1 Å². The summed E-state index contributed by atoms with van der Waals surface area (Å²) in [6.07, 6.45) is 3.91. The van der Waals surface area contributed by atoms with Gasteiger partial charge in [-0.2, -0.15) is 5.10 Å². The zero-order valence-corrected chi connectivity index (χ0v) is 26.6. The van der Waals surface area contributed by atoms with Gasteiger partial charge in [0.1, 0.15) is 25.7 Å². The molecule has 0 spiro atoms. The Hall–Kier alpha value is -5.81. The molecule has 262 valence electrons. The third-order valence-electron chi connectivity index (χ3n) is 7.48. The summed E-state index contributed by atoms with van der Waals surface area (Å²) >= 11 is 0. The Bertz CT molecular complexity index is 1580. The van der Waals surface area contributed by atoms with Crippen LogP contribution in [0.3, 0.4) is 0 Å². The van der Waals surface area contributed by atoms with Crippen molar-refractivity contribution >= 4 is 47.5 Å². The maximum Gasteiger partial charge on any atom is 0.329 e. The van der Waals surface area contributed by atoms with E-state index >= 15 is 0 Å². The Morgan fingerprint density at radius 1 is 0.673 bits per heavy atom. The lowest BCUT2D eigenvalue weighted by Gasteiger charge is -2.18. The predicted molar refractivity (Wildman–Crippen MR) is 163 cm³/mol. The number of carbonyl (C=O) groups excluding carboxylic acids is 8. The molecule has 2 fully saturated rings. The summed E-state index contributed by atoms with van der Waals surface area (Å²) in [6.45, 7) is -2.47. The molecular formula is C31H36N6O12. The number of hydrogen-bond donors (Lipinski definition) is 4. The maximum atomic E-state index is 13.0. The molecule has 1 aromatic carbocycles. The van der Waals surface area contributed by atoms with E-state index in [0.29, 0.717) is 12.1 Å². The lowest BCUT2D eigenvalue weighted by molar-refractivity contribution is -0.154. The van der Waals surface area contributed by atoms with Crippen LogP contribution in [0.15, 0.2) is 36.5 Å². The van der Waals surface area contributed by atoms with Crippen molar-refractivity contribution < 1.29 is 57.3 Å². The van der Waals surface area contributed by atoms with Crippen LogP contribution < -0.4 is 21.3 Å². The highest BCUT2D eigenvalue weighted by molar-refractivity contribution is 5.90. The molecule has 1 atom stereocenters. The number of hydrogen-bond acceptors (Lipinski definition) is 13. The van der Waals surface area contributed by atoms with E-state index in [2.05, 4.69) is 38.0 Å². The van der Waals surface area contributed by atoms with Crippen LogP contribution in [0.2, 0.25) is 0 Å². The third kappa shape index (κ3) is 11.7. The molecule has 18 nitrogen and oxygen atoms in total. The lowest BCUT2D eigenvalue weighted by atomic mass is 10.0. The third-order valence-corrected chi connectivity index (χ3v) is 7.48. The van der Waals surface area contributed by atoms with Gasteiger partial charge in [-0.15, -0.1) is 0 Å². The Kier molecular flexibility index (Phi) is 12.4. The standard InChI is InChI=1S/C31H36N6O12/c1-31(7-8-31)22-6-9-35-37(22)14-20-4-2-19(3-5-20)10-21-30(45)49-17-25(40)34-12-28(43)47-15-23(38)32-11-27(42)46-16-24(39)33-13-29(44)48-18-26(41)36-21/h2-6,9,21H,7-8,10-18H2,1H3,(H,32,38)(H,33,39)(H,34,40)(H,36,41). The number of rotatable bonds is 5. The smallest absolute Gasteiger partial charge is 0.329 e. The van der Waals surface area contributed by atoms with Gasteiger partial charge in [0.2, 0.25) is 0 Å². The second-order valence-corrected chi connectivity index (χ2v) is 11.5. The molecule has 1 unspecified atom stereocenters. The summed E-state index contributed by atoms with van der Waals surface area (Å²) in [4.78, 5) is 97.2. The van der Waals surface area contributed by atoms with Gasteiger partial charge in [-0.1, -0.05) is 31.2 Å². The largest absolute Gasteiger partial charge is 0.454 e. The molecule has 2 aromatic rings. The number of nitrogens with zero attached hydrogens (tertiary/aromatic N) is 2. The monoisotopic (exact) mass is 684 g/mol. The first-order chi connectivity index (χ1) is 23.4. The highest BCUT2D eigenvalue weighted by Gasteiger charge is 2.41. The van der Waals surface area contributed by atoms with Crippen molar-refractivity contribution in [3.63, 3.8) is 0 Å². The first-order valence-electron chi connectivity index (χ1n) is 15.2. The van der Waals surface area contributed by atoms with E-state index in [9.17, 15) is 38.4 Å². The number of amides is 4. The number of benzene rings is 1. The van der Waals surface area contributed by atoms with Crippen molar-refractivity contribution in [3.8, 4) is 0 Å². The fraction of sp³-hybridized carbons (Fsp3) is 0.452.